The summed E-state index contributed by atoms with van der Waals surface area (Å²) in [7, 11) is 0. The van der Waals surface area contributed by atoms with Crippen molar-refractivity contribution in [3.8, 4) is 5.75 Å². The molecule has 1 aromatic rings. The van der Waals surface area contributed by atoms with Crippen LogP contribution < -0.4 is 4.74 Å². The third kappa shape index (κ3) is 3.47. The molecule has 94 valence electrons. The van der Waals surface area contributed by atoms with Crippen LogP contribution in [0.3, 0.4) is 0 Å². The van der Waals surface area contributed by atoms with Gasteiger partial charge in [0.2, 0.25) is 0 Å². The fourth-order valence-corrected chi connectivity index (χ4v) is 2.41. The summed E-state index contributed by atoms with van der Waals surface area (Å²) in [4.78, 5) is 0. The second-order valence-electron chi connectivity index (χ2n) is 4.90. The predicted octanol–water partition coefficient (Wildman–Crippen LogP) is 3.32. The molecule has 1 saturated carbocycles. The van der Waals surface area contributed by atoms with E-state index in [2.05, 4.69) is 19.1 Å². The van der Waals surface area contributed by atoms with Crippen molar-refractivity contribution < 1.29 is 9.84 Å². The average Bonchev–Trinajstić information content (AvgIpc) is 2.35. The zero-order valence-electron chi connectivity index (χ0n) is 10.6. The molecule has 1 aromatic carbocycles. The molecular weight excluding hydrogens is 212 g/mol. The minimum Gasteiger partial charge on any atom is -0.488 e. The third-order valence-corrected chi connectivity index (χ3v) is 3.42. The van der Waals surface area contributed by atoms with Crippen molar-refractivity contribution in [1.82, 2.24) is 0 Å². The van der Waals surface area contributed by atoms with Crippen LogP contribution in [0, 0.1) is 0 Å². The van der Waals surface area contributed by atoms with Gasteiger partial charge < -0.3 is 9.84 Å². The highest BCUT2D eigenvalue weighted by Crippen LogP contribution is 2.24. The molecule has 2 rings (SSSR count). The van der Waals surface area contributed by atoms with Gasteiger partial charge in [0.15, 0.2) is 0 Å². The topological polar surface area (TPSA) is 29.5 Å². The summed E-state index contributed by atoms with van der Waals surface area (Å²) in [6.07, 6.45) is 6.11. The molecule has 0 bridgehead atoms. The van der Waals surface area contributed by atoms with E-state index >= 15 is 0 Å². The van der Waals surface area contributed by atoms with E-state index in [1.54, 1.807) is 0 Å². The van der Waals surface area contributed by atoms with Gasteiger partial charge in [-0.3, -0.25) is 0 Å². The average molecular weight is 234 g/mol. The van der Waals surface area contributed by atoms with E-state index in [0.717, 1.165) is 37.9 Å². The summed E-state index contributed by atoms with van der Waals surface area (Å²) in [5, 5.41) is 9.84. The number of aliphatic hydroxyl groups is 1. The molecule has 0 radical (unpaired) electrons. The van der Waals surface area contributed by atoms with Gasteiger partial charge in [-0.2, -0.15) is 0 Å². The lowest BCUT2D eigenvalue weighted by Gasteiger charge is -2.28. The van der Waals surface area contributed by atoms with Crippen LogP contribution in [0.5, 0.6) is 5.75 Å². The summed E-state index contributed by atoms with van der Waals surface area (Å²) in [6.45, 7) is 2.18. The summed E-state index contributed by atoms with van der Waals surface area (Å²) < 4.78 is 5.85. The van der Waals surface area contributed by atoms with Crippen LogP contribution in [-0.2, 0) is 6.42 Å². The van der Waals surface area contributed by atoms with E-state index in [0.29, 0.717) is 0 Å². The number of hydrogen-bond acceptors (Lipinski definition) is 2. The number of benzene rings is 1. The van der Waals surface area contributed by atoms with Crippen molar-refractivity contribution >= 4 is 0 Å². The number of aryl methyl sites for hydroxylation is 1. The second kappa shape index (κ2) is 6.06. The van der Waals surface area contributed by atoms with Crippen molar-refractivity contribution in [2.75, 3.05) is 0 Å². The molecule has 0 saturated heterocycles. The molecule has 0 aromatic heterocycles. The van der Waals surface area contributed by atoms with E-state index in [-0.39, 0.29) is 12.2 Å². The van der Waals surface area contributed by atoms with Gasteiger partial charge in [0, 0.05) is 0 Å². The molecule has 1 N–H and O–H groups in total. The van der Waals surface area contributed by atoms with Crippen LogP contribution >= 0.6 is 0 Å². The van der Waals surface area contributed by atoms with Crippen molar-refractivity contribution in [3.05, 3.63) is 29.8 Å². The largest absolute Gasteiger partial charge is 0.488 e. The molecule has 0 aliphatic heterocycles. The Hall–Kier alpha value is -1.02. The Balaban J connectivity index is 1.93. The quantitative estimate of drug-likeness (QED) is 0.866. The minimum atomic E-state index is -0.293. The highest BCUT2D eigenvalue weighted by molar-refractivity contribution is 5.27. The lowest BCUT2D eigenvalue weighted by atomic mass is 9.95. The highest BCUT2D eigenvalue weighted by Gasteiger charge is 2.24. The molecule has 2 nitrogen and oxygen atoms in total. The van der Waals surface area contributed by atoms with Gasteiger partial charge in [0.25, 0.3) is 0 Å². The minimum absolute atomic E-state index is 0.0132. The predicted molar refractivity (Wildman–Crippen MR) is 69.3 cm³/mol. The van der Waals surface area contributed by atoms with Crippen LogP contribution in [0.15, 0.2) is 24.3 Å². The summed E-state index contributed by atoms with van der Waals surface area (Å²) in [5.41, 5.74) is 1.35. The third-order valence-electron chi connectivity index (χ3n) is 3.42. The summed E-state index contributed by atoms with van der Waals surface area (Å²) in [5.74, 6) is 0.885. The van der Waals surface area contributed by atoms with E-state index in [9.17, 15) is 5.11 Å². The Morgan fingerprint density at radius 2 is 1.88 bits per heavy atom. The summed E-state index contributed by atoms with van der Waals surface area (Å²) >= 11 is 0. The fraction of sp³-hybridized carbons (Fsp3) is 0.600. The van der Waals surface area contributed by atoms with Gasteiger partial charge in [0.1, 0.15) is 11.9 Å². The first-order chi connectivity index (χ1) is 8.29. The Kier molecular flexibility index (Phi) is 4.43. The van der Waals surface area contributed by atoms with Crippen molar-refractivity contribution in [3.63, 3.8) is 0 Å². The number of ether oxygens (including phenoxy) is 1. The molecule has 2 atom stereocenters. The van der Waals surface area contributed by atoms with E-state index in [4.69, 9.17) is 4.74 Å². The first-order valence-corrected chi connectivity index (χ1v) is 6.73. The van der Waals surface area contributed by atoms with Gasteiger partial charge in [-0.1, -0.05) is 31.9 Å². The standard InChI is InChI=1S/C15H22O2/c1-2-5-12-8-10-13(11-9-12)17-15-7-4-3-6-14(15)16/h8-11,14-16H,2-7H2,1H3/t14-,15-/m0/s1. The smallest absolute Gasteiger partial charge is 0.124 e. The normalized spacial score (nSPS) is 24.6. The van der Waals surface area contributed by atoms with Crippen LogP contribution in [0.1, 0.15) is 44.6 Å². The Morgan fingerprint density at radius 1 is 1.18 bits per heavy atom. The Morgan fingerprint density at radius 3 is 2.53 bits per heavy atom. The van der Waals surface area contributed by atoms with Gasteiger partial charge >= 0.3 is 0 Å². The van der Waals surface area contributed by atoms with Crippen molar-refractivity contribution in [2.45, 2.75) is 57.7 Å². The van der Waals surface area contributed by atoms with E-state index < -0.39 is 0 Å². The van der Waals surface area contributed by atoms with Gasteiger partial charge in [-0.25, -0.2) is 0 Å². The summed E-state index contributed by atoms with van der Waals surface area (Å²) in [6, 6.07) is 8.28. The molecule has 0 amide bonds. The molecule has 0 unspecified atom stereocenters. The van der Waals surface area contributed by atoms with Crippen LogP contribution in [0.2, 0.25) is 0 Å². The Bertz CT molecular complexity index is 331. The Labute approximate surface area is 104 Å². The maximum Gasteiger partial charge on any atom is 0.124 e. The van der Waals surface area contributed by atoms with Crippen molar-refractivity contribution in [1.29, 1.82) is 0 Å². The van der Waals surface area contributed by atoms with Gasteiger partial charge in [0.05, 0.1) is 6.10 Å². The van der Waals surface area contributed by atoms with Crippen LogP contribution in [0.25, 0.3) is 0 Å². The zero-order valence-corrected chi connectivity index (χ0v) is 10.6. The van der Waals surface area contributed by atoms with Gasteiger partial charge in [-0.15, -0.1) is 0 Å². The van der Waals surface area contributed by atoms with E-state index in [1.165, 1.54) is 12.0 Å². The fourth-order valence-electron chi connectivity index (χ4n) is 2.41. The number of hydrogen-bond donors (Lipinski definition) is 1. The maximum atomic E-state index is 9.84. The first-order valence-electron chi connectivity index (χ1n) is 6.73. The van der Waals surface area contributed by atoms with Crippen LogP contribution in [0.4, 0.5) is 0 Å². The monoisotopic (exact) mass is 234 g/mol. The molecule has 0 heterocycles. The lowest BCUT2D eigenvalue weighted by Crippen LogP contribution is -2.34. The van der Waals surface area contributed by atoms with E-state index in [1.807, 2.05) is 12.1 Å². The maximum absolute atomic E-state index is 9.84. The lowest BCUT2D eigenvalue weighted by molar-refractivity contribution is 0.00687. The highest BCUT2D eigenvalue weighted by atomic mass is 16.5. The molecule has 2 heteroatoms. The van der Waals surface area contributed by atoms with Crippen molar-refractivity contribution in [2.24, 2.45) is 0 Å². The molecule has 0 spiro atoms. The second-order valence-corrected chi connectivity index (χ2v) is 4.90. The molecule has 1 aliphatic rings. The SMILES string of the molecule is CCCc1ccc(O[C@H]2CCCC[C@@H]2O)cc1. The zero-order chi connectivity index (χ0) is 12.1. The number of aliphatic hydroxyl groups excluding tert-OH is 1. The molecule has 17 heavy (non-hydrogen) atoms. The van der Waals surface area contributed by atoms with Gasteiger partial charge in [-0.05, 0) is 43.4 Å². The number of rotatable bonds is 4. The molecule has 1 aliphatic carbocycles. The first kappa shape index (κ1) is 12.4. The molecular formula is C15H22O2. The van der Waals surface area contributed by atoms with Crippen LogP contribution in [-0.4, -0.2) is 17.3 Å². The molecule has 1 fully saturated rings.